The van der Waals surface area contributed by atoms with Crippen molar-refractivity contribution >= 4 is 21.4 Å². The number of rotatable bonds is 7. The molecule has 0 N–H and O–H groups in total. The van der Waals surface area contributed by atoms with Gasteiger partial charge in [0.25, 0.3) is 0 Å². The van der Waals surface area contributed by atoms with E-state index in [2.05, 4.69) is 6.92 Å². The molecule has 5 heteroatoms. The summed E-state index contributed by atoms with van der Waals surface area (Å²) in [5.41, 5.74) is 4.92. The second kappa shape index (κ2) is 7.70. The van der Waals surface area contributed by atoms with Gasteiger partial charge in [0.2, 0.25) is 5.91 Å². The van der Waals surface area contributed by atoms with Crippen LogP contribution in [0.15, 0.2) is 42.5 Å². The fourth-order valence-electron chi connectivity index (χ4n) is 3.89. The topological polar surface area (TPSA) is 54.5 Å². The molecule has 0 radical (unpaired) electrons. The molecule has 1 saturated carbocycles. The number of hydrogen-bond acceptors (Lipinski definition) is 3. The number of carbonyl (C=O) groups is 1. The quantitative estimate of drug-likeness (QED) is 0.708. The lowest BCUT2D eigenvalue weighted by Crippen LogP contribution is -2.36. The summed E-state index contributed by atoms with van der Waals surface area (Å²) in [5, 5.41) is 0. The largest absolute Gasteiger partial charge is 0.312 e. The molecule has 0 saturated heterocycles. The Morgan fingerprint density at radius 2 is 1.57 bits per heavy atom. The summed E-state index contributed by atoms with van der Waals surface area (Å²) in [6.45, 7) is 2.89. The van der Waals surface area contributed by atoms with Crippen molar-refractivity contribution in [1.82, 2.24) is 0 Å². The van der Waals surface area contributed by atoms with Crippen LogP contribution in [0.5, 0.6) is 0 Å². The molecule has 2 aromatic carbocycles. The predicted octanol–water partition coefficient (Wildman–Crippen LogP) is 4.05. The van der Waals surface area contributed by atoms with Crippen LogP contribution in [0.1, 0.15) is 48.4 Å². The van der Waals surface area contributed by atoms with Crippen LogP contribution in [-0.2, 0) is 39.0 Å². The summed E-state index contributed by atoms with van der Waals surface area (Å²) >= 11 is 0. The molecule has 1 aliphatic carbocycles. The van der Waals surface area contributed by atoms with Crippen molar-refractivity contribution in [2.75, 3.05) is 11.4 Å². The van der Waals surface area contributed by atoms with E-state index in [0.29, 0.717) is 18.8 Å². The fourth-order valence-corrected chi connectivity index (χ4v) is 5.38. The first-order valence-corrected chi connectivity index (χ1v) is 12.0. The summed E-state index contributed by atoms with van der Waals surface area (Å²) in [5.74, 6) is 0.914. The molecule has 1 fully saturated rings. The van der Waals surface area contributed by atoms with Crippen LogP contribution in [-0.4, -0.2) is 20.9 Å². The molecular formula is C23H27NO3S. The Morgan fingerprint density at radius 1 is 0.929 bits per heavy atom. The maximum atomic E-state index is 12.7. The molecule has 2 aromatic rings. The second-order valence-corrected chi connectivity index (χ2v) is 10.2. The smallest absolute Gasteiger partial charge is 0.227 e. The Bertz CT molecular complexity index is 975. The van der Waals surface area contributed by atoms with Crippen LogP contribution in [0.25, 0.3) is 0 Å². The third-order valence-electron chi connectivity index (χ3n) is 5.69. The SMILES string of the molecule is CCc1ccc(CS(=O)(=O)Cc2ccc3c(c2)CCC(=O)N3CC2CC2)cc1. The number of sulfone groups is 1. The van der Waals surface area contributed by atoms with E-state index >= 15 is 0 Å². The Balaban J connectivity index is 1.49. The molecule has 4 rings (SSSR count). The Labute approximate surface area is 167 Å². The maximum absolute atomic E-state index is 12.7. The summed E-state index contributed by atoms with van der Waals surface area (Å²) in [6, 6.07) is 13.6. The fraction of sp³-hybridized carbons (Fsp3) is 0.435. The first kappa shape index (κ1) is 19.2. The number of anilines is 1. The average molecular weight is 398 g/mol. The zero-order valence-electron chi connectivity index (χ0n) is 16.4. The Morgan fingerprint density at radius 3 is 2.25 bits per heavy atom. The van der Waals surface area contributed by atoms with Crippen LogP contribution in [0, 0.1) is 5.92 Å². The first-order valence-electron chi connectivity index (χ1n) is 10.1. The molecule has 1 amide bonds. The normalized spacial score (nSPS) is 16.9. The van der Waals surface area contributed by atoms with Gasteiger partial charge < -0.3 is 4.90 Å². The summed E-state index contributed by atoms with van der Waals surface area (Å²) < 4.78 is 25.4. The van der Waals surface area contributed by atoms with E-state index < -0.39 is 9.84 Å². The van der Waals surface area contributed by atoms with Gasteiger partial charge in [0, 0.05) is 18.7 Å². The number of amides is 1. The Hall–Kier alpha value is -2.14. The predicted molar refractivity (Wildman–Crippen MR) is 112 cm³/mol. The van der Waals surface area contributed by atoms with Gasteiger partial charge in [-0.05, 0) is 59.9 Å². The highest BCUT2D eigenvalue weighted by Gasteiger charge is 2.31. The lowest BCUT2D eigenvalue weighted by atomic mass is 9.99. The highest BCUT2D eigenvalue weighted by Crippen LogP contribution is 2.35. The molecule has 0 bridgehead atoms. The van der Waals surface area contributed by atoms with E-state index in [1.807, 2.05) is 47.4 Å². The van der Waals surface area contributed by atoms with Crippen LogP contribution in [0.4, 0.5) is 5.69 Å². The molecule has 4 nitrogen and oxygen atoms in total. The monoisotopic (exact) mass is 397 g/mol. The van der Waals surface area contributed by atoms with E-state index in [1.165, 1.54) is 18.4 Å². The number of hydrogen-bond donors (Lipinski definition) is 0. The van der Waals surface area contributed by atoms with Gasteiger partial charge in [-0.2, -0.15) is 0 Å². The third-order valence-corrected chi connectivity index (χ3v) is 7.23. The summed E-state index contributed by atoms with van der Waals surface area (Å²) in [4.78, 5) is 14.2. The van der Waals surface area contributed by atoms with Crippen molar-refractivity contribution < 1.29 is 13.2 Å². The molecule has 0 unspecified atom stereocenters. The average Bonchev–Trinajstić information content (AvgIpc) is 3.48. The van der Waals surface area contributed by atoms with E-state index in [9.17, 15) is 13.2 Å². The minimum atomic E-state index is -3.25. The van der Waals surface area contributed by atoms with Crippen molar-refractivity contribution in [3.05, 3.63) is 64.7 Å². The van der Waals surface area contributed by atoms with Crippen LogP contribution >= 0.6 is 0 Å². The lowest BCUT2D eigenvalue weighted by Gasteiger charge is -2.30. The van der Waals surface area contributed by atoms with Crippen LogP contribution < -0.4 is 4.90 Å². The lowest BCUT2D eigenvalue weighted by molar-refractivity contribution is -0.118. The van der Waals surface area contributed by atoms with E-state index in [4.69, 9.17) is 0 Å². The highest BCUT2D eigenvalue weighted by molar-refractivity contribution is 7.89. The minimum absolute atomic E-state index is 0.0341. The zero-order valence-corrected chi connectivity index (χ0v) is 17.2. The van der Waals surface area contributed by atoms with Gasteiger partial charge in [0.1, 0.15) is 0 Å². The highest BCUT2D eigenvalue weighted by atomic mass is 32.2. The Kier molecular flexibility index (Phi) is 5.28. The van der Waals surface area contributed by atoms with E-state index in [1.54, 1.807) is 0 Å². The molecule has 0 spiro atoms. The standard InChI is InChI=1S/C23H27NO3S/c1-2-17-3-7-19(8-4-17)15-28(26,27)16-20-9-11-22-21(13-20)10-12-23(25)24(22)14-18-5-6-18/h3-4,7-9,11,13,18H,2,5-6,10,12,14-16H2,1H3. The first-order chi connectivity index (χ1) is 13.4. The minimum Gasteiger partial charge on any atom is -0.312 e. The van der Waals surface area contributed by atoms with Gasteiger partial charge in [-0.15, -0.1) is 0 Å². The van der Waals surface area contributed by atoms with Gasteiger partial charge in [0.05, 0.1) is 11.5 Å². The molecule has 2 aliphatic rings. The molecule has 1 aliphatic heterocycles. The van der Waals surface area contributed by atoms with E-state index in [-0.39, 0.29) is 17.4 Å². The van der Waals surface area contributed by atoms with Gasteiger partial charge in [-0.1, -0.05) is 43.3 Å². The van der Waals surface area contributed by atoms with Gasteiger partial charge in [-0.25, -0.2) is 8.42 Å². The second-order valence-electron chi connectivity index (χ2n) is 8.11. The number of aryl methyl sites for hydroxylation is 2. The number of nitrogens with zero attached hydrogens (tertiary/aromatic N) is 1. The van der Waals surface area contributed by atoms with Crippen molar-refractivity contribution in [3.63, 3.8) is 0 Å². The third kappa shape index (κ3) is 4.46. The van der Waals surface area contributed by atoms with E-state index in [0.717, 1.165) is 35.3 Å². The molecule has 28 heavy (non-hydrogen) atoms. The molecule has 0 aromatic heterocycles. The number of benzene rings is 2. The number of fused-ring (bicyclic) bond motifs is 1. The number of carbonyl (C=O) groups excluding carboxylic acids is 1. The zero-order chi connectivity index (χ0) is 19.7. The molecular weight excluding hydrogens is 370 g/mol. The molecule has 148 valence electrons. The molecule has 1 heterocycles. The van der Waals surface area contributed by atoms with Crippen molar-refractivity contribution in [2.24, 2.45) is 5.92 Å². The van der Waals surface area contributed by atoms with Crippen molar-refractivity contribution in [2.45, 2.75) is 50.5 Å². The summed E-state index contributed by atoms with van der Waals surface area (Å²) in [6.07, 6.45) is 4.56. The van der Waals surface area contributed by atoms with Crippen molar-refractivity contribution in [3.8, 4) is 0 Å². The van der Waals surface area contributed by atoms with Gasteiger partial charge in [0.15, 0.2) is 9.84 Å². The van der Waals surface area contributed by atoms with Gasteiger partial charge in [-0.3, -0.25) is 4.79 Å². The summed E-state index contributed by atoms with van der Waals surface area (Å²) in [7, 11) is -3.25. The molecule has 0 atom stereocenters. The van der Waals surface area contributed by atoms with Crippen LogP contribution in [0.2, 0.25) is 0 Å². The van der Waals surface area contributed by atoms with Crippen LogP contribution in [0.3, 0.4) is 0 Å². The van der Waals surface area contributed by atoms with Crippen molar-refractivity contribution in [1.29, 1.82) is 0 Å². The van der Waals surface area contributed by atoms with Gasteiger partial charge >= 0.3 is 0 Å². The maximum Gasteiger partial charge on any atom is 0.227 e.